The first kappa shape index (κ1) is 24.7. The summed E-state index contributed by atoms with van der Waals surface area (Å²) < 4.78 is 3.42. The Morgan fingerprint density at radius 1 is 0.789 bits per heavy atom. The van der Waals surface area contributed by atoms with Gasteiger partial charge in [-0.1, -0.05) is 36.4 Å². The van der Waals surface area contributed by atoms with E-state index in [1.807, 2.05) is 87.8 Å². The van der Waals surface area contributed by atoms with Crippen molar-refractivity contribution in [3.8, 4) is 0 Å². The van der Waals surface area contributed by atoms with E-state index < -0.39 is 0 Å². The molecule has 10 nitrogen and oxygen atoms in total. The SMILES string of the molecule is CC1=C/C(=C/C(C)=N/c2nc(Nc3ccccc3)nn2C)N(c2nc(Nc3ccccc3)nn2C)C(C)=C1. The smallest absolute Gasteiger partial charge is 0.249 e. The van der Waals surface area contributed by atoms with Gasteiger partial charge in [0.1, 0.15) is 0 Å². The third-order valence-corrected chi connectivity index (χ3v) is 5.80. The normalized spacial score (nSPS) is 14.9. The van der Waals surface area contributed by atoms with E-state index in [2.05, 4.69) is 56.7 Å². The number of benzene rings is 2. The number of anilines is 5. The van der Waals surface area contributed by atoms with Gasteiger partial charge in [-0.3, -0.25) is 4.90 Å². The fraction of sp³-hybridized carbons (Fsp3) is 0.179. The summed E-state index contributed by atoms with van der Waals surface area (Å²) in [4.78, 5) is 16.1. The van der Waals surface area contributed by atoms with Gasteiger partial charge >= 0.3 is 0 Å². The van der Waals surface area contributed by atoms with Crippen molar-refractivity contribution in [2.24, 2.45) is 19.1 Å². The number of aryl methyl sites for hydroxylation is 2. The number of hydrogen-bond acceptors (Lipinski definition) is 8. The molecule has 3 heterocycles. The number of nitrogens with zero attached hydrogens (tertiary/aromatic N) is 8. The molecule has 0 aliphatic carbocycles. The molecule has 0 saturated carbocycles. The van der Waals surface area contributed by atoms with Crippen molar-refractivity contribution in [3.63, 3.8) is 0 Å². The second kappa shape index (κ2) is 10.6. The number of para-hydroxylation sites is 2. The minimum Gasteiger partial charge on any atom is -0.323 e. The lowest BCUT2D eigenvalue weighted by molar-refractivity contribution is 0.754. The lowest BCUT2D eigenvalue weighted by atomic mass is 10.1. The summed E-state index contributed by atoms with van der Waals surface area (Å²) in [6.07, 6.45) is 6.23. The molecule has 0 saturated heterocycles. The van der Waals surface area contributed by atoms with Crippen LogP contribution in [0.4, 0.5) is 35.2 Å². The molecule has 0 bridgehead atoms. The van der Waals surface area contributed by atoms with Gasteiger partial charge in [-0.15, -0.1) is 10.2 Å². The Bertz CT molecular complexity index is 1560. The monoisotopic (exact) mass is 506 g/mol. The summed E-state index contributed by atoms with van der Waals surface area (Å²) in [7, 11) is 3.71. The van der Waals surface area contributed by atoms with Crippen molar-refractivity contribution in [1.82, 2.24) is 29.5 Å². The maximum Gasteiger partial charge on any atom is 0.249 e. The molecule has 0 fully saturated rings. The average Bonchev–Trinajstić information content (AvgIpc) is 3.40. The number of aromatic nitrogens is 6. The van der Waals surface area contributed by atoms with E-state index in [0.29, 0.717) is 23.8 Å². The Labute approximate surface area is 221 Å². The van der Waals surface area contributed by atoms with Crippen molar-refractivity contribution >= 4 is 40.9 Å². The Morgan fingerprint density at radius 2 is 1.37 bits per heavy atom. The highest BCUT2D eigenvalue weighted by molar-refractivity contribution is 5.96. The Hall–Kier alpha value is -4.99. The zero-order chi connectivity index (χ0) is 26.6. The molecule has 2 N–H and O–H groups in total. The van der Waals surface area contributed by atoms with E-state index >= 15 is 0 Å². The molecule has 5 rings (SSSR count). The molecule has 0 spiro atoms. The van der Waals surface area contributed by atoms with Crippen molar-refractivity contribution in [1.29, 1.82) is 0 Å². The molecule has 1 aliphatic heterocycles. The van der Waals surface area contributed by atoms with Crippen LogP contribution in [-0.2, 0) is 14.1 Å². The number of nitrogens with one attached hydrogen (secondary N) is 2. The van der Waals surface area contributed by atoms with E-state index in [9.17, 15) is 0 Å². The summed E-state index contributed by atoms with van der Waals surface area (Å²) in [5.74, 6) is 2.20. The topological polar surface area (TPSA) is 101 Å². The fourth-order valence-corrected chi connectivity index (χ4v) is 4.17. The van der Waals surface area contributed by atoms with Gasteiger partial charge in [-0.05, 0) is 68.8 Å². The highest BCUT2D eigenvalue weighted by atomic mass is 15.5. The number of hydrogen-bond donors (Lipinski definition) is 2. The summed E-state index contributed by atoms with van der Waals surface area (Å²) in [6, 6.07) is 19.7. The van der Waals surface area contributed by atoms with Crippen LogP contribution in [0.2, 0.25) is 0 Å². The standard InChI is InChI=1S/C28H30N10/c1-19-16-21(3)38(28-33-26(35-37(28)5)31-23-14-10-7-11-15-23)24(17-19)18-20(2)29-27-32-25(34-36(27)4)30-22-12-8-6-9-13-22/h6-18H,1-5H3,(H,30,34)(H,31,35)/b24-18-,29-20+. The zero-order valence-electron chi connectivity index (χ0n) is 22.1. The molecular formula is C28H30N10. The molecule has 1 aliphatic rings. The minimum atomic E-state index is 0.490. The quantitative estimate of drug-likeness (QED) is 0.307. The first-order valence-electron chi connectivity index (χ1n) is 12.3. The molecule has 0 atom stereocenters. The Balaban J connectivity index is 1.43. The van der Waals surface area contributed by atoms with E-state index in [4.69, 9.17) is 9.98 Å². The Morgan fingerprint density at radius 3 is 2.00 bits per heavy atom. The summed E-state index contributed by atoms with van der Waals surface area (Å²) in [6.45, 7) is 6.07. The molecule has 0 radical (unpaired) electrons. The van der Waals surface area contributed by atoms with Gasteiger partial charge in [0.05, 0.1) is 5.70 Å². The molecule has 4 aromatic rings. The van der Waals surface area contributed by atoms with Crippen molar-refractivity contribution in [2.75, 3.05) is 15.5 Å². The van der Waals surface area contributed by atoms with Crippen LogP contribution in [0.25, 0.3) is 0 Å². The second-order valence-electron chi connectivity index (χ2n) is 9.03. The molecule has 2 aromatic heterocycles. The first-order chi connectivity index (χ1) is 18.4. The van der Waals surface area contributed by atoms with E-state index in [-0.39, 0.29) is 0 Å². The van der Waals surface area contributed by atoms with Gasteiger partial charge in [0.25, 0.3) is 0 Å². The van der Waals surface area contributed by atoms with Gasteiger partial charge < -0.3 is 10.6 Å². The van der Waals surface area contributed by atoms with Crippen LogP contribution in [0.5, 0.6) is 0 Å². The van der Waals surface area contributed by atoms with Crippen LogP contribution in [0.15, 0.2) is 101 Å². The summed E-state index contributed by atoms with van der Waals surface area (Å²) in [5, 5.41) is 15.5. The predicted molar refractivity (Wildman–Crippen MR) is 152 cm³/mol. The lowest BCUT2D eigenvalue weighted by Gasteiger charge is -2.28. The largest absolute Gasteiger partial charge is 0.323 e. The molecule has 10 heteroatoms. The van der Waals surface area contributed by atoms with Gasteiger partial charge in [0, 0.05) is 36.9 Å². The Kier molecular flexibility index (Phi) is 6.86. The summed E-state index contributed by atoms with van der Waals surface area (Å²) in [5.41, 5.74) is 5.70. The second-order valence-corrected chi connectivity index (χ2v) is 9.03. The van der Waals surface area contributed by atoms with E-state index in [1.54, 1.807) is 9.36 Å². The highest BCUT2D eigenvalue weighted by Crippen LogP contribution is 2.30. The molecule has 0 amide bonds. The van der Waals surface area contributed by atoms with Gasteiger partial charge in [-0.25, -0.2) is 14.4 Å². The van der Waals surface area contributed by atoms with Crippen LogP contribution < -0.4 is 15.5 Å². The van der Waals surface area contributed by atoms with E-state index in [1.165, 1.54) is 0 Å². The lowest BCUT2D eigenvalue weighted by Crippen LogP contribution is -2.25. The van der Waals surface area contributed by atoms with Gasteiger partial charge in [-0.2, -0.15) is 9.97 Å². The number of rotatable bonds is 7. The van der Waals surface area contributed by atoms with Crippen LogP contribution in [0.3, 0.4) is 0 Å². The molecule has 38 heavy (non-hydrogen) atoms. The number of allylic oxidation sites excluding steroid dienone is 5. The van der Waals surface area contributed by atoms with Gasteiger partial charge in [0.2, 0.25) is 23.8 Å². The third-order valence-electron chi connectivity index (χ3n) is 5.80. The van der Waals surface area contributed by atoms with Crippen LogP contribution in [0.1, 0.15) is 20.8 Å². The van der Waals surface area contributed by atoms with Gasteiger partial charge in [0.15, 0.2) is 0 Å². The minimum absolute atomic E-state index is 0.490. The average molecular weight is 507 g/mol. The highest BCUT2D eigenvalue weighted by Gasteiger charge is 2.22. The third kappa shape index (κ3) is 5.54. The predicted octanol–water partition coefficient (Wildman–Crippen LogP) is 5.78. The van der Waals surface area contributed by atoms with Crippen molar-refractivity contribution in [2.45, 2.75) is 20.8 Å². The first-order valence-corrected chi connectivity index (χ1v) is 12.3. The maximum atomic E-state index is 4.78. The van der Waals surface area contributed by atoms with Crippen LogP contribution in [-0.4, -0.2) is 35.2 Å². The fourth-order valence-electron chi connectivity index (χ4n) is 4.17. The van der Waals surface area contributed by atoms with Crippen molar-refractivity contribution < 1.29 is 0 Å². The van der Waals surface area contributed by atoms with Crippen LogP contribution >= 0.6 is 0 Å². The maximum absolute atomic E-state index is 4.78. The van der Waals surface area contributed by atoms with Crippen molar-refractivity contribution in [3.05, 3.63) is 95.9 Å². The van der Waals surface area contributed by atoms with E-state index in [0.717, 1.165) is 34.1 Å². The number of aliphatic imine (C=N–C) groups is 1. The summed E-state index contributed by atoms with van der Waals surface area (Å²) >= 11 is 0. The van der Waals surface area contributed by atoms with Crippen LogP contribution in [0, 0.1) is 0 Å². The molecule has 192 valence electrons. The molecular weight excluding hydrogens is 476 g/mol. The molecule has 0 unspecified atom stereocenters. The zero-order valence-corrected chi connectivity index (χ0v) is 22.1. The molecule has 2 aromatic carbocycles.